The Morgan fingerprint density at radius 3 is 2.70 bits per heavy atom. The number of aliphatic hydroxyl groups is 1. The summed E-state index contributed by atoms with van der Waals surface area (Å²) in [5, 5.41) is 19.8. The third kappa shape index (κ3) is 9.05. The predicted octanol–water partition coefficient (Wildman–Crippen LogP) is 5.49. The number of carbonyl (C=O) groups excluding carboxylic acids is 1. The Bertz CT molecular complexity index is 817. The average Bonchev–Trinajstić information content (AvgIpc) is 2.96. The van der Waals surface area contributed by atoms with Crippen LogP contribution in [0.2, 0.25) is 5.02 Å². The summed E-state index contributed by atoms with van der Waals surface area (Å²) < 4.78 is 28.1. The lowest BCUT2D eigenvalue weighted by atomic mass is 9.95. The molecule has 1 heterocycles. The van der Waals surface area contributed by atoms with Gasteiger partial charge in [0, 0.05) is 24.4 Å². The van der Waals surface area contributed by atoms with E-state index in [2.05, 4.69) is 0 Å². The number of amides is 1. The van der Waals surface area contributed by atoms with Gasteiger partial charge in [-0.3, -0.25) is 9.59 Å². The molecule has 2 N–H and O–H groups in total. The summed E-state index contributed by atoms with van der Waals surface area (Å²) in [7, 11) is 0. The zero-order valence-electron chi connectivity index (χ0n) is 19.1. The number of likely N-dealkylation sites (tertiary alicyclic amines) is 1. The number of benzene rings is 1. The Balaban J connectivity index is 1.82. The first-order valence-electron chi connectivity index (χ1n) is 11.6. The number of aliphatic carboxylic acids is 1. The van der Waals surface area contributed by atoms with E-state index in [1.165, 1.54) is 17.1 Å². The van der Waals surface area contributed by atoms with Crippen molar-refractivity contribution in [1.82, 2.24) is 4.90 Å². The minimum absolute atomic E-state index is 0.0549. The zero-order chi connectivity index (χ0) is 24.4. The standard InChI is InChI=1S/C25H34ClF2NO4/c1-18(8-6-9-19-10-7-11-20(26)16-19)22(30)14-13-21-17-25(27,28)24(33)29(21)15-5-3-2-4-12-23(31)32/h7,10-11,13-14,16,18,21-22,30H,2-6,8-9,12,15,17H2,1H3,(H,31,32)/t18-,21?,22+/m0/s1. The van der Waals surface area contributed by atoms with Crippen molar-refractivity contribution in [1.29, 1.82) is 0 Å². The molecule has 1 aromatic rings. The number of hydrogen-bond acceptors (Lipinski definition) is 3. The van der Waals surface area contributed by atoms with Gasteiger partial charge in [-0.1, -0.05) is 55.7 Å². The van der Waals surface area contributed by atoms with Crippen LogP contribution in [0.15, 0.2) is 36.4 Å². The molecule has 1 unspecified atom stereocenters. The SMILES string of the molecule is C[C@@H](CCCc1cccc(Cl)c1)[C@H](O)C=CC1CC(F)(F)C(=O)N1CCCCCCC(=O)O. The molecule has 1 amide bonds. The molecule has 0 saturated carbocycles. The molecule has 3 atom stereocenters. The van der Waals surface area contributed by atoms with Crippen molar-refractivity contribution in [2.45, 2.75) is 82.8 Å². The minimum atomic E-state index is -3.40. The fraction of sp³-hybridized carbons (Fsp3) is 0.600. The van der Waals surface area contributed by atoms with Crippen LogP contribution in [0.3, 0.4) is 0 Å². The average molecular weight is 486 g/mol. The van der Waals surface area contributed by atoms with Gasteiger partial charge in [0.2, 0.25) is 0 Å². The van der Waals surface area contributed by atoms with Gasteiger partial charge in [0.15, 0.2) is 0 Å². The Kier molecular flexibility index (Phi) is 10.8. The predicted molar refractivity (Wildman–Crippen MR) is 124 cm³/mol. The second kappa shape index (κ2) is 13.0. The molecular weight excluding hydrogens is 452 g/mol. The lowest BCUT2D eigenvalue weighted by Crippen LogP contribution is -2.36. The van der Waals surface area contributed by atoms with Crippen molar-refractivity contribution in [3.05, 3.63) is 47.0 Å². The summed E-state index contributed by atoms with van der Waals surface area (Å²) in [4.78, 5) is 23.8. The summed E-state index contributed by atoms with van der Waals surface area (Å²) in [6, 6.07) is 6.90. The summed E-state index contributed by atoms with van der Waals surface area (Å²) >= 11 is 6.00. The van der Waals surface area contributed by atoms with Gasteiger partial charge in [0.1, 0.15) is 0 Å². The number of aryl methyl sites for hydroxylation is 1. The van der Waals surface area contributed by atoms with Crippen LogP contribution >= 0.6 is 11.6 Å². The Hall–Kier alpha value is -1.99. The molecule has 184 valence electrons. The van der Waals surface area contributed by atoms with E-state index in [0.717, 1.165) is 24.8 Å². The van der Waals surface area contributed by atoms with E-state index in [-0.39, 0.29) is 18.9 Å². The molecule has 0 spiro atoms. The van der Waals surface area contributed by atoms with Gasteiger partial charge in [0.25, 0.3) is 5.91 Å². The van der Waals surface area contributed by atoms with Crippen molar-refractivity contribution < 1.29 is 28.6 Å². The van der Waals surface area contributed by atoms with Crippen LogP contribution in [0.4, 0.5) is 8.78 Å². The minimum Gasteiger partial charge on any atom is -0.481 e. The Labute approximate surface area is 199 Å². The van der Waals surface area contributed by atoms with Gasteiger partial charge in [0.05, 0.1) is 12.1 Å². The number of alkyl halides is 2. The van der Waals surface area contributed by atoms with E-state index in [1.54, 1.807) is 0 Å². The van der Waals surface area contributed by atoms with E-state index in [0.29, 0.717) is 30.7 Å². The quantitative estimate of drug-likeness (QED) is 0.270. The number of carboxylic acid groups (broad SMARTS) is 1. The number of nitrogens with zero attached hydrogens (tertiary/aromatic N) is 1. The molecule has 0 aliphatic carbocycles. The molecule has 1 fully saturated rings. The van der Waals surface area contributed by atoms with Crippen LogP contribution in [-0.4, -0.2) is 51.6 Å². The molecule has 33 heavy (non-hydrogen) atoms. The number of carbonyl (C=O) groups is 2. The summed E-state index contributed by atoms with van der Waals surface area (Å²) in [5.41, 5.74) is 1.13. The number of unbranched alkanes of at least 4 members (excludes halogenated alkanes) is 3. The van der Waals surface area contributed by atoms with Crippen LogP contribution in [-0.2, 0) is 16.0 Å². The second-order valence-corrected chi connectivity index (χ2v) is 9.34. The fourth-order valence-corrected chi connectivity index (χ4v) is 4.31. The topological polar surface area (TPSA) is 77.8 Å². The van der Waals surface area contributed by atoms with Crippen LogP contribution in [0, 0.1) is 5.92 Å². The lowest BCUT2D eigenvalue weighted by molar-refractivity contribution is -0.148. The third-order valence-corrected chi connectivity index (χ3v) is 6.34. The van der Waals surface area contributed by atoms with Crippen LogP contribution in [0.1, 0.15) is 63.9 Å². The number of halogens is 3. The number of rotatable bonds is 14. The zero-order valence-corrected chi connectivity index (χ0v) is 19.8. The maximum absolute atomic E-state index is 14.0. The molecular formula is C25H34ClF2NO4. The highest BCUT2D eigenvalue weighted by atomic mass is 35.5. The van der Waals surface area contributed by atoms with Gasteiger partial charge in [-0.25, -0.2) is 0 Å². The van der Waals surface area contributed by atoms with Gasteiger partial charge < -0.3 is 15.1 Å². The fourth-order valence-electron chi connectivity index (χ4n) is 4.10. The maximum atomic E-state index is 14.0. The van der Waals surface area contributed by atoms with Crippen LogP contribution in [0.5, 0.6) is 0 Å². The second-order valence-electron chi connectivity index (χ2n) is 8.91. The van der Waals surface area contributed by atoms with Crippen molar-refractivity contribution in [2.75, 3.05) is 6.54 Å². The molecule has 0 bridgehead atoms. The van der Waals surface area contributed by atoms with E-state index in [9.17, 15) is 23.5 Å². The summed E-state index contributed by atoms with van der Waals surface area (Å²) in [5.74, 6) is -5.48. The summed E-state index contributed by atoms with van der Waals surface area (Å²) in [6.07, 6.45) is 6.65. The highest BCUT2D eigenvalue weighted by Gasteiger charge is 2.52. The lowest BCUT2D eigenvalue weighted by Gasteiger charge is -2.22. The molecule has 2 rings (SSSR count). The Morgan fingerprint density at radius 2 is 2.00 bits per heavy atom. The molecule has 1 saturated heterocycles. The largest absolute Gasteiger partial charge is 0.481 e. The van der Waals surface area contributed by atoms with E-state index < -0.39 is 36.4 Å². The number of carboxylic acids is 1. The van der Waals surface area contributed by atoms with E-state index in [1.807, 2.05) is 31.2 Å². The van der Waals surface area contributed by atoms with Crippen molar-refractivity contribution in [3.8, 4) is 0 Å². The first-order valence-corrected chi connectivity index (χ1v) is 12.0. The van der Waals surface area contributed by atoms with E-state index >= 15 is 0 Å². The number of aliphatic hydroxyl groups excluding tert-OH is 1. The summed E-state index contributed by atoms with van der Waals surface area (Å²) in [6.45, 7) is 2.11. The molecule has 1 aliphatic heterocycles. The molecule has 1 aliphatic rings. The highest BCUT2D eigenvalue weighted by Crippen LogP contribution is 2.34. The smallest absolute Gasteiger partial charge is 0.327 e. The number of hydrogen-bond donors (Lipinski definition) is 2. The normalized spacial score (nSPS) is 19.8. The molecule has 0 radical (unpaired) electrons. The van der Waals surface area contributed by atoms with Crippen LogP contribution in [0.25, 0.3) is 0 Å². The monoisotopic (exact) mass is 485 g/mol. The highest BCUT2D eigenvalue weighted by molar-refractivity contribution is 6.30. The molecule has 1 aromatic carbocycles. The Morgan fingerprint density at radius 1 is 1.27 bits per heavy atom. The molecule has 5 nitrogen and oxygen atoms in total. The first-order chi connectivity index (χ1) is 15.6. The van der Waals surface area contributed by atoms with E-state index in [4.69, 9.17) is 16.7 Å². The van der Waals surface area contributed by atoms with Crippen LogP contribution < -0.4 is 0 Å². The third-order valence-electron chi connectivity index (χ3n) is 6.11. The first kappa shape index (κ1) is 27.3. The van der Waals surface area contributed by atoms with Crippen molar-refractivity contribution in [2.24, 2.45) is 5.92 Å². The molecule has 8 heteroatoms. The van der Waals surface area contributed by atoms with Gasteiger partial charge in [-0.05, 0) is 55.7 Å². The van der Waals surface area contributed by atoms with Crippen molar-refractivity contribution in [3.63, 3.8) is 0 Å². The van der Waals surface area contributed by atoms with Gasteiger partial charge >= 0.3 is 11.9 Å². The maximum Gasteiger partial charge on any atom is 0.327 e. The van der Waals surface area contributed by atoms with Gasteiger partial charge in [-0.2, -0.15) is 8.78 Å². The van der Waals surface area contributed by atoms with Crippen molar-refractivity contribution >= 4 is 23.5 Å². The molecule has 0 aromatic heterocycles. The van der Waals surface area contributed by atoms with Gasteiger partial charge in [-0.15, -0.1) is 0 Å².